The molecule has 0 unspecified atom stereocenters. The molecule has 5 aromatic rings. The molecule has 5 aromatic carbocycles. The van der Waals surface area contributed by atoms with E-state index in [1.807, 2.05) is 124 Å². The summed E-state index contributed by atoms with van der Waals surface area (Å²) in [7, 11) is 2.14. The number of benzene rings is 5. The number of Topliss-reactive ketones (excluding diaryl/α,β-unsaturated/α-hetero) is 5. The van der Waals surface area contributed by atoms with Gasteiger partial charge in [-0.2, -0.15) is 0 Å². The predicted molar refractivity (Wildman–Crippen MR) is 437 cm³/mol. The molecule has 108 heavy (non-hydrogen) atoms. The first-order valence-corrected chi connectivity index (χ1v) is 42.0. The molecular formula is C87H118Br2Cl3F4N5O7. The molecule has 21 heteroatoms. The first-order chi connectivity index (χ1) is 51.2. The largest absolute Gasteiger partial charge is 0.573 e. The van der Waals surface area contributed by atoms with Gasteiger partial charge < -0.3 is 35.2 Å². The van der Waals surface area contributed by atoms with Crippen LogP contribution in [0.3, 0.4) is 0 Å². The minimum atomic E-state index is -4.72. The highest BCUT2D eigenvalue weighted by Crippen LogP contribution is 2.38. The van der Waals surface area contributed by atoms with E-state index in [0.29, 0.717) is 66.1 Å². The van der Waals surface area contributed by atoms with Gasteiger partial charge in [-0.15, -0.1) is 13.2 Å². The van der Waals surface area contributed by atoms with Crippen LogP contribution in [0, 0.1) is 65.0 Å². The lowest BCUT2D eigenvalue weighted by Gasteiger charge is -2.28. The van der Waals surface area contributed by atoms with Crippen molar-refractivity contribution in [2.24, 2.45) is 59.2 Å². The van der Waals surface area contributed by atoms with Gasteiger partial charge in [0.25, 0.3) is 0 Å². The highest BCUT2D eigenvalue weighted by atomic mass is 79.9. The van der Waals surface area contributed by atoms with Crippen molar-refractivity contribution in [2.45, 2.75) is 188 Å². The van der Waals surface area contributed by atoms with Crippen LogP contribution in [0.25, 0.3) is 0 Å². The summed E-state index contributed by atoms with van der Waals surface area (Å²) in [4.78, 5) is 67.4. The fourth-order valence-corrected chi connectivity index (χ4v) is 14.2. The SMILES string of the molecule is CC(C)C(=O)[C@H](CN(C)CC1CC1)c1ccc(Br)cc1.CC(C)C(=O)[C@H](CN(CC1CC1)CC1CC1)c1ccc(Cl)c(F)c1.CC(C)C(=O)[C@H](CNC1CCOCC1)c1ccc(OC(F)(F)F)cc1.CC(C)C(=O)[C@H](CNCC1CC1)c1ccc(Br)cc1.CC(C)C(=O)[C@H](CNCC1CC1)c1ccc(Cl)c(Cl)c1. The molecule has 0 aromatic heterocycles. The Kier molecular flexibility index (Phi) is 37.7. The van der Waals surface area contributed by atoms with Crippen molar-refractivity contribution in [2.75, 3.05) is 85.7 Å². The molecule has 5 saturated carbocycles. The highest BCUT2D eigenvalue weighted by molar-refractivity contribution is 9.10. The van der Waals surface area contributed by atoms with Gasteiger partial charge in [0.05, 0.1) is 44.7 Å². The van der Waals surface area contributed by atoms with E-state index >= 15 is 0 Å². The zero-order valence-corrected chi connectivity index (χ0v) is 70.7. The Bertz CT molecular complexity index is 3590. The van der Waals surface area contributed by atoms with E-state index in [-0.39, 0.29) is 81.4 Å². The quantitative estimate of drug-likeness (QED) is 0.0325. The third kappa shape index (κ3) is 32.9. The van der Waals surface area contributed by atoms with Crippen LogP contribution >= 0.6 is 66.7 Å². The highest BCUT2D eigenvalue weighted by Gasteiger charge is 2.36. The lowest BCUT2D eigenvalue weighted by atomic mass is 9.88. The zero-order valence-electron chi connectivity index (χ0n) is 65.3. The predicted octanol–water partition coefficient (Wildman–Crippen LogP) is 20.7. The van der Waals surface area contributed by atoms with E-state index in [9.17, 15) is 41.5 Å². The number of likely N-dealkylation sites (N-methyl/N-ethyl adjacent to an activating group) is 1. The fourth-order valence-electron chi connectivity index (χ4n) is 13.3. The number of alkyl halides is 3. The maximum atomic E-state index is 13.9. The third-order valence-corrected chi connectivity index (χ3v) is 22.8. The van der Waals surface area contributed by atoms with Gasteiger partial charge in [-0.1, -0.05) is 184 Å². The van der Waals surface area contributed by atoms with E-state index in [1.54, 1.807) is 12.1 Å². The van der Waals surface area contributed by atoms with Gasteiger partial charge in [-0.3, -0.25) is 24.0 Å². The smallest absolute Gasteiger partial charge is 0.406 e. The molecule has 0 radical (unpaired) electrons. The van der Waals surface area contributed by atoms with E-state index < -0.39 is 18.1 Å². The van der Waals surface area contributed by atoms with Crippen LogP contribution in [-0.4, -0.2) is 137 Å². The number of nitrogens with zero attached hydrogens (tertiary/aromatic N) is 2. The van der Waals surface area contributed by atoms with Crippen LogP contribution in [0.15, 0.2) is 118 Å². The van der Waals surface area contributed by atoms with Gasteiger partial charge in [0.15, 0.2) is 0 Å². The number of carbonyl (C=O) groups excluding carboxylic acids is 5. The van der Waals surface area contributed by atoms with Gasteiger partial charge >= 0.3 is 6.36 Å². The first kappa shape index (κ1) is 90.7. The Morgan fingerprint density at radius 1 is 0.454 bits per heavy atom. The normalized spacial score (nSPS) is 17.4. The molecule has 0 amide bonds. The van der Waals surface area contributed by atoms with Crippen LogP contribution in [0.4, 0.5) is 17.6 Å². The summed E-state index contributed by atoms with van der Waals surface area (Å²) >= 11 is 24.7. The van der Waals surface area contributed by atoms with Gasteiger partial charge in [0.2, 0.25) is 0 Å². The Morgan fingerprint density at radius 2 is 0.806 bits per heavy atom. The van der Waals surface area contributed by atoms with Gasteiger partial charge in [0, 0.05) is 110 Å². The molecule has 1 heterocycles. The molecule has 3 N–H and O–H groups in total. The topological polar surface area (TPSA) is 146 Å². The standard InChI is InChI=1S/C20H27ClFNO.C18H24F3NO3.C17H24BrNO.C16H22BrNO.C16H21Cl2NO/c1-13(2)20(24)17(16-7-8-18(21)19(22)9-16)12-23(10-14-3-4-14)11-15-5-6-15;1-12(2)17(23)16(11-22-14-7-9-24-10-8-14)13-3-5-15(6-4-13)25-18(19,20)21;1-12(2)17(20)16(11-19(3)10-13-4-5-13)14-6-8-15(18)9-7-14;1-11(2)16(19)15(10-18-9-12-3-4-12)13-5-7-14(17)8-6-13;1-10(2)16(20)13(9-19-8-11-3-4-11)12-5-6-14(17)15(18)7-12/h7-9,13-15,17H,3-6,10-12H2,1-2H3;3-6,12,14,16,22H,7-11H2,1-2H3;6-9,12-13,16H,4-5,10-11H2,1-3H3;5-8,11-12,15,18H,3-4,9-10H2,1-2H3;5-7,10-11,13,19H,3-4,8-9H2,1-2H3/t17-;2*16-;15-;13-/m11111/s1. The Morgan fingerprint density at radius 3 is 1.20 bits per heavy atom. The van der Waals surface area contributed by atoms with Crippen molar-refractivity contribution in [1.82, 2.24) is 25.8 Å². The average Bonchev–Trinajstić information content (AvgIpc) is 1.01. The van der Waals surface area contributed by atoms with Crippen molar-refractivity contribution in [3.8, 4) is 5.75 Å². The van der Waals surface area contributed by atoms with Crippen molar-refractivity contribution < 1.29 is 51.0 Å². The number of ketones is 5. The van der Waals surface area contributed by atoms with Crippen molar-refractivity contribution in [3.05, 3.63) is 167 Å². The summed E-state index contributed by atoms with van der Waals surface area (Å²) in [6.45, 7) is 29.5. The van der Waals surface area contributed by atoms with Gasteiger partial charge in [-0.05, 0) is 215 Å². The minimum Gasteiger partial charge on any atom is -0.406 e. The summed E-state index contributed by atoms with van der Waals surface area (Å²) in [5.41, 5.74) is 4.64. The van der Waals surface area contributed by atoms with E-state index in [1.165, 1.54) is 94.5 Å². The molecule has 1 saturated heterocycles. The molecule has 6 fully saturated rings. The number of ether oxygens (including phenoxy) is 2. The molecule has 0 spiro atoms. The second-order valence-electron chi connectivity index (χ2n) is 32.4. The summed E-state index contributed by atoms with van der Waals surface area (Å²) < 4.78 is 62.0. The minimum absolute atomic E-state index is 0.00755. The zero-order chi connectivity index (χ0) is 78.9. The number of hydrogen-bond acceptors (Lipinski definition) is 12. The second kappa shape index (κ2) is 44.9. The molecule has 12 nitrogen and oxygen atoms in total. The lowest BCUT2D eigenvalue weighted by molar-refractivity contribution is -0.274. The van der Waals surface area contributed by atoms with Crippen molar-refractivity contribution in [3.63, 3.8) is 0 Å². The second-order valence-corrected chi connectivity index (χ2v) is 35.4. The molecular weight excluding hydrogens is 1570 g/mol. The molecule has 6 aliphatic rings. The molecule has 596 valence electrons. The van der Waals surface area contributed by atoms with Crippen LogP contribution < -0.4 is 20.7 Å². The fraction of sp³-hybridized carbons (Fsp3) is 0.598. The van der Waals surface area contributed by atoms with Crippen LogP contribution in [-0.2, 0) is 28.7 Å². The van der Waals surface area contributed by atoms with E-state index in [2.05, 4.69) is 81.5 Å². The number of rotatable bonds is 37. The Labute approximate surface area is 673 Å². The van der Waals surface area contributed by atoms with Crippen LogP contribution in [0.5, 0.6) is 5.75 Å². The lowest BCUT2D eigenvalue weighted by Crippen LogP contribution is -2.39. The Hall–Kier alpha value is -4.44. The van der Waals surface area contributed by atoms with Crippen molar-refractivity contribution >= 4 is 95.6 Å². The molecule has 0 bridgehead atoms. The summed E-state index contributed by atoms with van der Waals surface area (Å²) in [6.07, 6.45) is 10.3. The number of carbonyl (C=O) groups is 5. The molecule has 5 atom stereocenters. The first-order valence-electron chi connectivity index (χ1n) is 39.3. The van der Waals surface area contributed by atoms with Crippen LogP contribution in [0.2, 0.25) is 15.1 Å². The van der Waals surface area contributed by atoms with Gasteiger partial charge in [0.1, 0.15) is 40.5 Å². The number of nitrogens with one attached hydrogen (secondary N) is 3. The maximum absolute atomic E-state index is 13.9. The van der Waals surface area contributed by atoms with E-state index in [4.69, 9.17) is 39.5 Å². The average molecular weight is 1690 g/mol. The van der Waals surface area contributed by atoms with Gasteiger partial charge in [-0.25, -0.2) is 4.39 Å². The third-order valence-electron chi connectivity index (χ3n) is 20.7. The van der Waals surface area contributed by atoms with Crippen LogP contribution in [0.1, 0.15) is 204 Å². The summed E-state index contributed by atoms with van der Waals surface area (Å²) in [6, 6.07) is 32.5. The Balaban J connectivity index is 0.000000189. The van der Waals surface area contributed by atoms with E-state index in [0.717, 1.165) is 119 Å². The van der Waals surface area contributed by atoms with Crippen molar-refractivity contribution in [1.29, 1.82) is 0 Å². The molecule has 11 rings (SSSR count). The number of hydrogen-bond donors (Lipinski definition) is 3. The molecule has 1 aliphatic heterocycles. The summed E-state index contributed by atoms with van der Waals surface area (Å²) in [5.74, 6) is 3.63. The summed E-state index contributed by atoms with van der Waals surface area (Å²) in [5, 5.41) is 11.4. The number of halogens is 9. The maximum Gasteiger partial charge on any atom is 0.573 e. The monoisotopic (exact) mass is 1680 g/mol. The molecule has 5 aliphatic carbocycles.